The molecule has 70 valence electrons. The first-order valence-electron chi connectivity index (χ1n) is 4.44. The van der Waals surface area contributed by atoms with Gasteiger partial charge in [-0.25, -0.2) is 0 Å². The molecule has 1 rings (SSSR count). The third kappa shape index (κ3) is 2.31. The average molecular weight is 178 g/mol. The van der Waals surface area contributed by atoms with E-state index in [2.05, 4.69) is 6.92 Å². The Bertz CT molecular complexity index is 292. The second kappa shape index (κ2) is 4.65. The summed E-state index contributed by atoms with van der Waals surface area (Å²) in [6, 6.07) is 5.72. The number of benzene rings is 1. The largest absolute Gasteiger partial charge is 0.496 e. The zero-order chi connectivity index (χ0) is 9.68. The first kappa shape index (κ1) is 9.78. The van der Waals surface area contributed by atoms with Gasteiger partial charge in [0.05, 0.1) is 12.7 Å². The van der Waals surface area contributed by atoms with Gasteiger partial charge in [-0.1, -0.05) is 19.4 Å². The van der Waals surface area contributed by atoms with Crippen molar-refractivity contribution < 1.29 is 9.53 Å². The van der Waals surface area contributed by atoms with Gasteiger partial charge in [-0.3, -0.25) is 4.79 Å². The van der Waals surface area contributed by atoms with E-state index in [4.69, 9.17) is 4.74 Å². The molecule has 13 heavy (non-hydrogen) atoms. The van der Waals surface area contributed by atoms with Crippen molar-refractivity contribution >= 4 is 6.29 Å². The number of rotatable bonds is 4. The van der Waals surface area contributed by atoms with Gasteiger partial charge in [0.15, 0.2) is 6.29 Å². The van der Waals surface area contributed by atoms with E-state index >= 15 is 0 Å². The lowest BCUT2D eigenvalue weighted by molar-refractivity contribution is 0.112. The molecule has 2 heteroatoms. The molecule has 0 aliphatic heterocycles. The normalized spacial score (nSPS) is 9.69. The van der Waals surface area contributed by atoms with E-state index in [1.807, 2.05) is 18.2 Å². The molecule has 0 aliphatic carbocycles. The number of hydrogen-bond acceptors (Lipinski definition) is 2. The van der Waals surface area contributed by atoms with Crippen LogP contribution in [0.5, 0.6) is 5.75 Å². The van der Waals surface area contributed by atoms with E-state index in [0.29, 0.717) is 11.3 Å². The minimum atomic E-state index is 0.633. The van der Waals surface area contributed by atoms with Gasteiger partial charge in [0.2, 0.25) is 0 Å². The molecule has 0 spiro atoms. The van der Waals surface area contributed by atoms with Crippen LogP contribution < -0.4 is 4.74 Å². The Morgan fingerprint density at radius 3 is 2.77 bits per heavy atom. The highest BCUT2D eigenvalue weighted by Gasteiger charge is 2.02. The summed E-state index contributed by atoms with van der Waals surface area (Å²) < 4.78 is 5.04. The summed E-state index contributed by atoms with van der Waals surface area (Å²) in [7, 11) is 1.57. The SMILES string of the molecule is CCCc1ccc(OC)c(C=O)c1. The summed E-state index contributed by atoms with van der Waals surface area (Å²) in [4.78, 5) is 10.7. The predicted octanol–water partition coefficient (Wildman–Crippen LogP) is 2.46. The van der Waals surface area contributed by atoms with Crippen molar-refractivity contribution in [2.24, 2.45) is 0 Å². The van der Waals surface area contributed by atoms with Gasteiger partial charge >= 0.3 is 0 Å². The average Bonchev–Trinajstić information content (AvgIpc) is 2.18. The molecule has 1 aromatic carbocycles. The Kier molecular flexibility index (Phi) is 3.50. The van der Waals surface area contributed by atoms with Crippen LogP contribution in [0.15, 0.2) is 18.2 Å². The van der Waals surface area contributed by atoms with Gasteiger partial charge < -0.3 is 4.74 Å². The number of carbonyl (C=O) groups excluding carboxylic acids is 1. The molecule has 0 saturated carbocycles. The van der Waals surface area contributed by atoms with Crippen molar-refractivity contribution in [2.45, 2.75) is 19.8 Å². The minimum absolute atomic E-state index is 0.633. The third-order valence-electron chi connectivity index (χ3n) is 1.96. The minimum Gasteiger partial charge on any atom is -0.496 e. The molecule has 0 unspecified atom stereocenters. The van der Waals surface area contributed by atoms with E-state index in [1.54, 1.807) is 7.11 Å². The first-order valence-corrected chi connectivity index (χ1v) is 4.44. The molecule has 0 saturated heterocycles. The lowest BCUT2D eigenvalue weighted by Gasteiger charge is -2.05. The molecule has 2 nitrogen and oxygen atoms in total. The van der Waals surface area contributed by atoms with Gasteiger partial charge in [-0.05, 0) is 24.1 Å². The highest BCUT2D eigenvalue weighted by atomic mass is 16.5. The van der Waals surface area contributed by atoms with Crippen LogP contribution >= 0.6 is 0 Å². The van der Waals surface area contributed by atoms with Gasteiger partial charge in [0.25, 0.3) is 0 Å². The second-order valence-corrected chi connectivity index (χ2v) is 2.94. The fraction of sp³-hybridized carbons (Fsp3) is 0.364. The number of aryl methyl sites for hydroxylation is 1. The third-order valence-corrected chi connectivity index (χ3v) is 1.96. The molecular weight excluding hydrogens is 164 g/mol. The Balaban J connectivity index is 2.98. The number of ether oxygens (including phenoxy) is 1. The fourth-order valence-corrected chi connectivity index (χ4v) is 1.32. The summed E-state index contributed by atoms with van der Waals surface area (Å²) in [5.41, 5.74) is 1.82. The fourth-order valence-electron chi connectivity index (χ4n) is 1.32. The Hall–Kier alpha value is -1.31. The van der Waals surface area contributed by atoms with E-state index in [-0.39, 0.29) is 0 Å². The molecule has 0 aromatic heterocycles. The van der Waals surface area contributed by atoms with Crippen LogP contribution in [0.2, 0.25) is 0 Å². The van der Waals surface area contributed by atoms with Crippen LogP contribution in [0.4, 0.5) is 0 Å². The van der Waals surface area contributed by atoms with Crippen molar-refractivity contribution in [2.75, 3.05) is 7.11 Å². The lowest BCUT2D eigenvalue weighted by atomic mass is 10.1. The number of hydrogen-bond donors (Lipinski definition) is 0. The zero-order valence-corrected chi connectivity index (χ0v) is 8.04. The molecule has 0 atom stereocenters. The highest BCUT2D eigenvalue weighted by Crippen LogP contribution is 2.18. The van der Waals surface area contributed by atoms with Crippen LogP contribution in [0, 0.1) is 0 Å². The number of methoxy groups -OCH3 is 1. The monoisotopic (exact) mass is 178 g/mol. The van der Waals surface area contributed by atoms with Crippen LogP contribution in [-0.4, -0.2) is 13.4 Å². The zero-order valence-electron chi connectivity index (χ0n) is 8.04. The van der Waals surface area contributed by atoms with Crippen LogP contribution in [0.1, 0.15) is 29.3 Å². The van der Waals surface area contributed by atoms with Gasteiger partial charge in [0.1, 0.15) is 5.75 Å². The highest BCUT2D eigenvalue weighted by molar-refractivity contribution is 5.79. The van der Waals surface area contributed by atoms with Crippen molar-refractivity contribution in [3.8, 4) is 5.75 Å². The standard InChI is InChI=1S/C11H14O2/c1-3-4-9-5-6-11(13-2)10(7-9)8-12/h5-8H,3-4H2,1-2H3. The van der Waals surface area contributed by atoms with Crippen LogP contribution in [-0.2, 0) is 6.42 Å². The van der Waals surface area contributed by atoms with E-state index in [1.165, 1.54) is 5.56 Å². The maximum atomic E-state index is 10.7. The van der Waals surface area contributed by atoms with Crippen molar-refractivity contribution in [1.29, 1.82) is 0 Å². The summed E-state index contributed by atoms with van der Waals surface area (Å²) in [5, 5.41) is 0. The van der Waals surface area contributed by atoms with Gasteiger partial charge in [-0.15, -0.1) is 0 Å². The summed E-state index contributed by atoms with van der Waals surface area (Å²) in [5.74, 6) is 0.648. The molecule has 0 radical (unpaired) electrons. The van der Waals surface area contributed by atoms with E-state index < -0.39 is 0 Å². The molecule has 0 heterocycles. The molecule has 0 N–H and O–H groups in total. The Labute approximate surface area is 78.5 Å². The predicted molar refractivity (Wildman–Crippen MR) is 52.4 cm³/mol. The van der Waals surface area contributed by atoms with E-state index in [0.717, 1.165) is 19.1 Å². The summed E-state index contributed by atoms with van der Waals surface area (Å²) in [6.07, 6.45) is 2.92. The Morgan fingerprint density at radius 2 is 2.23 bits per heavy atom. The number of aldehydes is 1. The summed E-state index contributed by atoms with van der Waals surface area (Å²) in [6.45, 7) is 2.12. The number of carbonyl (C=O) groups is 1. The molecule has 0 aliphatic rings. The van der Waals surface area contributed by atoms with E-state index in [9.17, 15) is 4.79 Å². The Morgan fingerprint density at radius 1 is 1.46 bits per heavy atom. The van der Waals surface area contributed by atoms with Crippen molar-refractivity contribution in [3.63, 3.8) is 0 Å². The maximum Gasteiger partial charge on any atom is 0.153 e. The smallest absolute Gasteiger partial charge is 0.153 e. The molecular formula is C11H14O2. The van der Waals surface area contributed by atoms with Gasteiger partial charge in [0, 0.05) is 0 Å². The van der Waals surface area contributed by atoms with Gasteiger partial charge in [-0.2, -0.15) is 0 Å². The molecule has 0 fully saturated rings. The van der Waals surface area contributed by atoms with Crippen LogP contribution in [0.25, 0.3) is 0 Å². The molecule has 0 bridgehead atoms. The molecule has 1 aromatic rings. The lowest BCUT2D eigenvalue weighted by Crippen LogP contribution is -1.92. The second-order valence-electron chi connectivity index (χ2n) is 2.94. The van der Waals surface area contributed by atoms with Crippen molar-refractivity contribution in [1.82, 2.24) is 0 Å². The summed E-state index contributed by atoms with van der Waals surface area (Å²) >= 11 is 0. The maximum absolute atomic E-state index is 10.7. The quantitative estimate of drug-likeness (QED) is 0.662. The topological polar surface area (TPSA) is 26.3 Å². The molecule has 0 amide bonds. The van der Waals surface area contributed by atoms with Crippen molar-refractivity contribution in [3.05, 3.63) is 29.3 Å². The van der Waals surface area contributed by atoms with Crippen LogP contribution in [0.3, 0.4) is 0 Å². The first-order chi connectivity index (χ1) is 6.31.